The molecule has 3 N–H and O–H groups in total. The van der Waals surface area contributed by atoms with E-state index >= 15 is 0 Å². The van der Waals surface area contributed by atoms with Gasteiger partial charge in [0.1, 0.15) is 11.5 Å². The maximum absolute atomic E-state index is 12.2. The summed E-state index contributed by atoms with van der Waals surface area (Å²) in [4.78, 5) is 12.2. The molecular weight excluding hydrogens is 364 g/mol. The van der Waals surface area contributed by atoms with Gasteiger partial charge in [-0.1, -0.05) is 30.0 Å². The standard InChI is InChI=1S/C19H20N4O3S/c1-3-23-18(13-6-4-5-7-15(13)24)21-22-19(23)27-11-17(26)20-14-10-12(2)8-9-16(14)25/h4-10,24-25H,3,11H2,1-2H3,(H,20,26). The van der Waals surface area contributed by atoms with Gasteiger partial charge in [0.2, 0.25) is 5.91 Å². The average molecular weight is 384 g/mol. The molecule has 7 nitrogen and oxygen atoms in total. The maximum Gasteiger partial charge on any atom is 0.234 e. The lowest BCUT2D eigenvalue weighted by Gasteiger charge is -2.09. The lowest BCUT2D eigenvalue weighted by atomic mass is 10.2. The molecule has 27 heavy (non-hydrogen) atoms. The molecule has 0 aliphatic carbocycles. The van der Waals surface area contributed by atoms with Crippen molar-refractivity contribution in [2.24, 2.45) is 0 Å². The SMILES string of the molecule is CCn1c(SCC(=O)Nc2cc(C)ccc2O)nnc1-c1ccccc1O. The van der Waals surface area contributed by atoms with Gasteiger partial charge in [-0.05, 0) is 43.7 Å². The lowest BCUT2D eigenvalue weighted by Crippen LogP contribution is -2.15. The van der Waals surface area contributed by atoms with Crippen LogP contribution in [0.5, 0.6) is 11.5 Å². The van der Waals surface area contributed by atoms with Crippen LogP contribution in [0.2, 0.25) is 0 Å². The van der Waals surface area contributed by atoms with E-state index < -0.39 is 0 Å². The first-order chi connectivity index (χ1) is 13.0. The number of nitrogens with one attached hydrogen (secondary N) is 1. The largest absolute Gasteiger partial charge is 0.507 e. The number of para-hydroxylation sites is 1. The molecule has 0 radical (unpaired) electrons. The van der Waals surface area contributed by atoms with Crippen LogP contribution < -0.4 is 5.32 Å². The molecule has 0 fully saturated rings. The van der Waals surface area contributed by atoms with Gasteiger partial charge in [-0.25, -0.2) is 0 Å². The van der Waals surface area contributed by atoms with Gasteiger partial charge in [-0.2, -0.15) is 0 Å². The number of rotatable bonds is 6. The number of carbonyl (C=O) groups is 1. The molecule has 3 rings (SSSR count). The van der Waals surface area contributed by atoms with Crippen molar-refractivity contribution < 1.29 is 15.0 Å². The summed E-state index contributed by atoms with van der Waals surface area (Å²) >= 11 is 1.24. The molecule has 0 atom stereocenters. The minimum atomic E-state index is -0.254. The van der Waals surface area contributed by atoms with Gasteiger partial charge < -0.3 is 20.1 Å². The first kappa shape index (κ1) is 18.8. The predicted molar refractivity (Wildman–Crippen MR) is 105 cm³/mol. The van der Waals surface area contributed by atoms with Crippen molar-refractivity contribution in [3.05, 3.63) is 48.0 Å². The van der Waals surface area contributed by atoms with Crippen molar-refractivity contribution in [1.29, 1.82) is 0 Å². The molecule has 1 aromatic heterocycles. The molecule has 0 unspecified atom stereocenters. The molecule has 2 aromatic carbocycles. The number of amides is 1. The molecule has 1 amide bonds. The van der Waals surface area contributed by atoms with Gasteiger partial charge in [0.15, 0.2) is 11.0 Å². The van der Waals surface area contributed by atoms with Crippen LogP contribution >= 0.6 is 11.8 Å². The van der Waals surface area contributed by atoms with Crippen molar-refractivity contribution in [1.82, 2.24) is 14.8 Å². The summed E-state index contributed by atoms with van der Waals surface area (Å²) in [5.41, 5.74) is 1.91. The van der Waals surface area contributed by atoms with Crippen LogP contribution in [0.25, 0.3) is 11.4 Å². The Bertz CT molecular complexity index is 971. The number of thioether (sulfide) groups is 1. The second-order valence-corrected chi connectivity index (χ2v) is 6.87. The van der Waals surface area contributed by atoms with Crippen molar-refractivity contribution in [3.63, 3.8) is 0 Å². The summed E-state index contributed by atoms with van der Waals surface area (Å²) in [6.07, 6.45) is 0. The molecule has 0 saturated heterocycles. The topological polar surface area (TPSA) is 100 Å². The highest BCUT2D eigenvalue weighted by atomic mass is 32.2. The summed E-state index contributed by atoms with van der Waals surface area (Å²) in [7, 11) is 0. The number of nitrogens with zero attached hydrogens (tertiary/aromatic N) is 3. The summed E-state index contributed by atoms with van der Waals surface area (Å²) < 4.78 is 1.84. The Morgan fingerprint density at radius 3 is 2.67 bits per heavy atom. The molecule has 140 valence electrons. The van der Waals surface area contributed by atoms with E-state index in [0.29, 0.717) is 28.8 Å². The van der Waals surface area contributed by atoms with E-state index in [9.17, 15) is 15.0 Å². The van der Waals surface area contributed by atoms with Crippen LogP contribution in [-0.4, -0.2) is 36.6 Å². The van der Waals surface area contributed by atoms with Gasteiger partial charge in [-0.15, -0.1) is 10.2 Å². The number of aryl methyl sites for hydroxylation is 1. The Balaban J connectivity index is 1.72. The average Bonchev–Trinajstić information content (AvgIpc) is 3.06. The van der Waals surface area contributed by atoms with Crippen molar-refractivity contribution >= 4 is 23.4 Å². The first-order valence-electron chi connectivity index (χ1n) is 8.43. The number of benzene rings is 2. The Labute approximate surface area is 161 Å². The van der Waals surface area contributed by atoms with E-state index in [0.717, 1.165) is 5.56 Å². The lowest BCUT2D eigenvalue weighted by molar-refractivity contribution is -0.113. The predicted octanol–water partition coefficient (Wildman–Crippen LogP) is 3.42. The highest BCUT2D eigenvalue weighted by molar-refractivity contribution is 7.99. The fourth-order valence-corrected chi connectivity index (χ4v) is 3.41. The summed E-state index contributed by atoms with van der Waals surface area (Å²) in [5.74, 6) is 0.568. The molecular formula is C19H20N4O3S. The van der Waals surface area contributed by atoms with Gasteiger partial charge in [0.05, 0.1) is 17.0 Å². The number of hydrogen-bond acceptors (Lipinski definition) is 6. The van der Waals surface area contributed by atoms with Gasteiger partial charge in [0.25, 0.3) is 0 Å². The van der Waals surface area contributed by atoms with E-state index in [4.69, 9.17) is 0 Å². The Morgan fingerprint density at radius 1 is 1.15 bits per heavy atom. The van der Waals surface area contributed by atoms with Crippen LogP contribution in [0.3, 0.4) is 0 Å². The number of aromatic nitrogens is 3. The number of phenolic OH excluding ortho intramolecular Hbond substituents is 2. The van der Waals surface area contributed by atoms with E-state index in [1.54, 1.807) is 36.4 Å². The minimum Gasteiger partial charge on any atom is -0.507 e. The highest BCUT2D eigenvalue weighted by Gasteiger charge is 2.17. The molecule has 0 spiro atoms. The highest BCUT2D eigenvalue weighted by Crippen LogP contribution is 2.30. The second-order valence-electron chi connectivity index (χ2n) is 5.93. The number of phenols is 2. The van der Waals surface area contributed by atoms with E-state index in [1.165, 1.54) is 11.8 Å². The van der Waals surface area contributed by atoms with Crippen LogP contribution in [0.15, 0.2) is 47.6 Å². The zero-order valence-electron chi connectivity index (χ0n) is 15.0. The van der Waals surface area contributed by atoms with Crippen molar-refractivity contribution in [2.75, 3.05) is 11.1 Å². The molecule has 0 aliphatic heterocycles. The maximum atomic E-state index is 12.2. The Hall–Kier alpha value is -3.00. The van der Waals surface area contributed by atoms with Crippen LogP contribution in [0.1, 0.15) is 12.5 Å². The van der Waals surface area contributed by atoms with Crippen molar-refractivity contribution in [2.45, 2.75) is 25.5 Å². The van der Waals surface area contributed by atoms with Crippen LogP contribution in [0.4, 0.5) is 5.69 Å². The van der Waals surface area contributed by atoms with Gasteiger partial charge in [0, 0.05) is 6.54 Å². The fourth-order valence-electron chi connectivity index (χ4n) is 2.61. The third-order valence-electron chi connectivity index (χ3n) is 3.94. The smallest absolute Gasteiger partial charge is 0.234 e. The second kappa shape index (κ2) is 8.13. The van der Waals surface area contributed by atoms with Crippen LogP contribution in [-0.2, 0) is 11.3 Å². The third kappa shape index (κ3) is 4.22. The summed E-state index contributed by atoms with van der Waals surface area (Å²) in [6, 6.07) is 12.0. The van der Waals surface area contributed by atoms with E-state index in [2.05, 4.69) is 15.5 Å². The number of aromatic hydroxyl groups is 2. The Kier molecular flexibility index (Phi) is 5.66. The Morgan fingerprint density at radius 2 is 1.93 bits per heavy atom. The first-order valence-corrected chi connectivity index (χ1v) is 9.42. The van der Waals surface area contributed by atoms with E-state index in [1.807, 2.05) is 24.5 Å². The van der Waals surface area contributed by atoms with E-state index in [-0.39, 0.29) is 23.2 Å². The van der Waals surface area contributed by atoms with Gasteiger partial charge in [-0.3, -0.25) is 4.79 Å². The molecule has 1 heterocycles. The molecule has 0 aliphatic rings. The number of carbonyl (C=O) groups excluding carboxylic acids is 1. The molecule has 8 heteroatoms. The van der Waals surface area contributed by atoms with Crippen LogP contribution in [0, 0.1) is 6.92 Å². The summed E-state index contributed by atoms with van der Waals surface area (Å²) in [6.45, 7) is 4.43. The zero-order valence-corrected chi connectivity index (χ0v) is 15.8. The molecule has 0 bridgehead atoms. The summed E-state index contributed by atoms with van der Waals surface area (Å²) in [5, 5.41) is 31.5. The minimum absolute atomic E-state index is 0.0255. The monoisotopic (exact) mass is 384 g/mol. The molecule has 3 aromatic rings. The van der Waals surface area contributed by atoms with Gasteiger partial charge >= 0.3 is 0 Å². The quantitative estimate of drug-likeness (QED) is 0.445. The number of hydrogen-bond donors (Lipinski definition) is 3. The number of anilines is 1. The third-order valence-corrected chi connectivity index (χ3v) is 4.90. The fraction of sp³-hybridized carbons (Fsp3) is 0.211. The molecule has 0 saturated carbocycles. The zero-order chi connectivity index (χ0) is 19.4. The van der Waals surface area contributed by atoms with Crippen molar-refractivity contribution in [3.8, 4) is 22.9 Å². The normalized spacial score (nSPS) is 10.7.